The maximum Gasteiger partial charge on any atom is 0.101 e. The molecule has 0 saturated carbocycles. The van der Waals surface area contributed by atoms with E-state index in [9.17, 15) is 0 Å². The predicted molar refractivity (Wildman–Crippen MR) is 159 cm³/mol. The second-order valence-corrected chi connectivity index (χ2v) is 11.5. The van der Waals surface area contributed by atoms with Crippen LogP contribution in [0.15, 0.2) is 12.4 Å². The van der Waals surface area contributed by atoms with Crippen molar-refractivity contribution in [2.45, 2.75) is 187 Å². The average molecular weight is 491 g/mol. The van der Waals surface area contributed by atoms with Gasteiger partial charge in [0.1, 0.15) is 6.17 Å². The van der Waals surface area contributed by atoms with E-state index in [0.29, 0.717) is 6.17 Å². The van der Waals surface area contributed by atoms with Crippen molar-refractivity contribution >= 4 is 0 Å². The summed E-state index contributed by atoms with van der Waals surface area (Å²) in [6, 6.07) is 0. The highest BCUT2D eigenvalue weighted by Gasteiger charge is 2.24. The van der Waals surface area contributed by atoms with Crippen molar-refractivity contribution in [2.24, 2.45) is 0 Å². The van der Waals surface area contributed by atoms with E-state index in [1.54, 1.807) is 0 Å². The van der Waals surface area contributed by atoms with Crippen LogP contribution in [-0.4, -0.2) is 29.1 Å². The number of hydrogen-bond acceptors (Lipinski definition) is 2. The van der Waals surface area contributed by atoms with Gasteiger partial charge in [-0.1, -0.05) is 156 Å². The summed E-state index contributed by atoms with van der Waals surface area (Å²) in [5.41, 5.74) is 0. The molecular formula is C33H66N2. The third kappa shape index (κ3) is 18.3. The highest BCUT2D eigenvalue weighted by Crippen LogP contribution is 2.23. The number of nitrogens with zero attached hydrogens (tertiary/aromatic N) is 2. The minimum Gasteiger partial charge on any atom is -0.356 e. The van der Waals surface area contributed by atoms with Crippen LogP contribution in [0.1, 0.15) is 181 Å². The van der Waals surface area contributed by atoms with Crippen LogP contribution in [0.5, 0.6) is 0 Å². The van der Waals surface area contributed by atoms with Gasteiger partial charge in [-0.2, -0.15) is 0 Å². The summed E-state index contributed by atoms with van der Waals surface area (Å²) in [5.74, 6) is 0. The molecule has 0 aromatic rings. The first-order chi connectivity index (χ1) is 17.3. The molecule has 35 heavy (non-hydrogen) atoms. The predicted octanol–water partition coefficient (Wildman–Crippen LogP) is 11.2. The van der Waals surface area contributed by atoms with Gasteiger partial charge in [0.2, 0.25) is 0 Å². The molecule has 1 unspecified atom stereocenters. The van der Waals surface area contributed by atoms with Crippen LogP contribution < -0.4 is 0 Å². The van der Waals surface area contributed by atoms with Crippen LogP contribution >= 0.6 is 0 Å². The Kier molecular flexibility index (Phi) is 23.1. The summed E-state index contributed by atoms with van der Waals surface area (Å²) in [6.07, 6.45) is 41.1. The van der Waals surface area contributed by atoms with Gasteiger partial charge in [-0.15, -0.1) is 0 Å². The Bertz CT molecular complexity index is 446. The van der Waals surface area contributed by atoms with Crippen molar-refractivity contribution < 1.29 is 0 Å². The standard InChI is InChI=1S/C33H66N2/c1-4-7-10-12-14-16-17-18-19-20-22-24-26-28-33-34(29-9-6-3)31-32-35(33)30-27-25-23-21-15-13-11-8-5-2/h31-33H,4-30H2,1-3H3. The minimum absolute atomic E-state index is 0.642. The minimum atomic E-state index is 0.642. The molecule has 2 nitrogen and oxygen atoms in total. The molecule has 0 aromatic heterocycles. The van der Waals surface area contributed by atoms with Gasteiger partial charge in [0.25, 0.3) is 0 Å². The van der Waals surface area contributed by atoms with Crippen LogP contribution in [0.25, 0.3) is 0 Å². The molecule has 1 heterocycles. The first-order valence-corrected chi connectivity index (χ1v) is 16.5. The second kappa shape index (κ2) is 25.0. The molecule has 1 aliphatic rings. The lowest BCUT2D eigenvalue weighted by atomic mass is 10.0. The van der Waals surface area contributed by atoms with Crippen molar-refractivity contribution in [3.8, 4) is 0 Å². The zero-order valence-corrected chi connectivity index (χ0v) is 24.7. The summed E-state index contributed by atoms with van der Waals surface area (Å²) in [4.78, 5) is 5.33. The van der Waals surface area contributed by atoms with E-state index < -0.39 is 0 Å². The SMILES string of the molecule is CCCCCCCCCCCCCCCC1N(CCCC)C=CN1CCCCCCCCCCC. The van der Waals surface area contributed by atoms with E-state index in [0.717, 1.165) is 0 Å². The Labute approximate surface area is 222 Å². The Morgan fingerprint density at radius 3 is 1.09 bits per heavy atom. The zero-order valence-electron chi connectivity index (χ0n) is 24.7. The van der Waals surface area contributed by atoms with Gasteiger partial charge in [0, 0.05) is 25.5 Å². The number of unbranched alkanes of at least 4 members (excludes halogenated alkanes) is 21. The largest absolute Gasteiger partial charge is 0.356 e. The summed E-state index contributed by atoms with van der Waals surface area (Å²) in [7, 11) is 0. The molecule has 0 aromatic carbocycles. The van der Waals surface area contributed by atoms with Gasteiger partial charge in [0.15, 0.2) is 0 Å². The molecule has 1 rings (SSSR count). The molecule has 1 aliphatic heterocycles. The fourth-order valence-electron chi connectivity index (χ4n) is 5.63. The third-order valence-corrected chi connectivity index (χ3v) is 8.07. The molecule has 0 fully saturated rings. The van der Waals surface area contributed by atoms with Crippen LogP contribution in [0.4, 0.5) is 0 Å². The Balaban J connectivity index is 2.09. The van der Waals surface area contributed by atoms with Crippen molar-refractivity contribution in [3.63, 3.8) is 0 Å². The van der Waals surface area contributed by atoms with Gasteiger partial charge in [0.05, 0.1) is 0 Å². The first-order valence-electron chi connectivity index (χ1n) is 16.5. The van der Waals surface area contributed by atoms with Gasteiger partial charge in [-0.05, 0) is 25.7 Å². The second-order valence-electron chi connectivity index (χ2n) is 11.5. The van der Waals surface area contributed by atoms with Crippen molar-refractivity contribution in [1.82, 2.24) is 9.80 Å². The number of rotatable bonds is 27. The van der Waals surface area contributed by atoms with Crippen LogP contribution in [0, 0.1) is 0 Å². The summed E-state index contributed by atoms with van der Waals surface area (Å²) in [6.45, 7) is 9.44. The smallest absolute Gasteiger partial charge is 0.101 e. The topological polar surface area (TPSA) is 6.48 Å². The molecule has 0 bridgehead atoms. The Hall–Kier alpha value is -0.660. The molecular weight excluding hydrogens is 424 g/mol. The van der Waals surface area contributed by atoms with E-state index in [-0.39, 0.29) is 0 Å². The summed E-state index contributed by atoms with van der Waals surface area (Å²) >= 11 is 0. The van der Waals surface area contributed by atoms with Gasteiger partial charge < -0.3 is 9.80 Å². The Morgan fingerprint density at radius 2 is 0.686 bits per heavy atom. The fourth-order valence-corrected chi connectivity index (χ4v) is 5.63. The molecule has 0 spiro atoms. The van der Waals surface area contributed by atoms with E-state index in [4.69, 9.17) is 0 Å². The highest BCUT2D eigenvalue weighted by molar-refractivity contribution is 4.96. The Morgan fingerprint density at radius 1 is 0.371 bits per heavy atom. The van der Waals surface area contributed by atoms with Crippen LogP contribution in [0.2, 0.25) is 0 Å². The lowest BCUT2D eigenvalue weighted by Crippen LogP contribution is -2.39. The maximum atomic E-state index is 2.68. The van der Waals surface area contributed by atoms with Crippen LogP contribution in [0.3, 0.4) is 0 Å². The molecule has 0 aliphatic carbocycles. The first kappa shape index (κ1) is 32.4. The lowest BCUT2D eigenvalue weighted by Gasteiger charge is -2.33. The molecule has 0 saturated heterocycles. The normalized spacial score (nSPS) is 15.6. The molecule has 2 heteroatoms. The zero-order chi connectivity index (χ0) is 25.2. The maximum absolute atomic E-state index is 2.68. The quantitative estimate of drug-likeness (QED) is 0.106. The van der Waals surface area contributed by atoms with E-state index in [2.05, 4.69) is 43.0 Å². The average Bonchev–Trinajstić information content (AvgIpc) is 3.25. The van der Waals surface area contributed by atoms with E-state index in [1.807, 2.05) is 0 Å². The van der Waals surface area contributed by atoms with Crippen molar-refractivity contribution in [1.29, 1.82) is 0 Å². The summed E-state index contributed by atoms with van der Waals surface area (Å²) in [5, 5.41) is 0. The van der Waals surface area contributed by atoms with Crippen molar-refractivity contribution in [3.05, 3.63) is 12.4 Å². The molecule has 1 atom stereocenters. The van der Waals surface area contributed by atoms with Gasteiger partial charge in [-0.25, -0.2) is 0 Å². The van der Waals surface area contributed by atoms with Crippen LogP contribution in [-0.2, 0) is 0 Å². The fraction of sp³-hybridized carbons (Fsp3) is 0.939. The van der Waals surface area contributed by atoms with E-state index in [1.165, 1.54) is 174 Å². The van der Waals surface area contributed by atoms with E-state index >= 15 is 0 Å². The van der Waals surface area contributed by atoms with Gasteiger partial charge in [-0.3, -0.25) is 0 Å². The van der Waals surface area contributed by atoms with Gasteiger partial charge >= 0.3 is 0 Å². The lowest BCUT2D eigenvalue weighted by molar-refractivity contribution is 0.136. The molecule has 0 amide bonds. The molecule has 0 radical (unpaired) electrons. The van der Waals surface area contributed by atoms with Crippen molar-refractivity contribution in [2.75, 3.05) is 13.1 Å². The third-order valence-electron chi connectivity index (χ3n) is 8.07. The molecule has 0 N–H and O–H groups in total. The highest BCUT2D eigenvalue weighted by atomic mass is 15.4. The molecule has 208 valence electrons. The monoisotopic (exact) mass is 491 g/mol. The summed E-state index contributed by atoms with van der Waals surface area (Å²) < 4.78 is 0. The number of hydrogen-bond donors (Lipinski definition) is 0.